The molecule has 0 aliphatic heterocycles. The van der Waals surface area contributed by atoms with Gasteiger partial charge < -0.3 is 10.5 Å². The van der Waals surface area contributed by atoms with Gasteiger partial charge >= 0.3 is 5.97 Å². The van der Waals surface area contributed by atoms with E-state index in [4.69, 9.17) is 10.5 Å². The first-order valence-electron chi connectivity index (χ1n) is 5.63. The molecular weight excluding hydrogens is 214 g/mol. The molecule has 0 aliphatic carbocycles. The molecule has 0 bridgehead atoms. The number of ether oxygens (including phenoxy) is 1. The largest absolute Gasteiger partial charge is 0.461 e. The minimum atomic E-state index is -0.250. The van der Waals surface area contributed by atoms with E-state index >= 15 is 0 Å². The van der Waals surface area contributed by atoms with Crippen LogP contribution in [0.15, 0.2) is 42.5 Å². The number of rotatable bonds is 4. The second kappa shape index (κ2) is 5.46. The Morgan fingerprint density at radius 1 is 1.12 bits per heavy atom. The average Bonchev–Trinajstić information content (AvgIpc) is 2.36. The van der Waals surface area contributed by atoms with Crippen LogP contribution in [0.4, 0.5) is 0 Å². The second-order valence-corrected chi connectivity index (χ2v) is 3.84. The highest BCUT2D eigenvalue weighted by Gasteiger charge is 2.04. The van der Waals surface area contributed by atoms with Gasteiger partial charge in [0.1, 0.15) is 6.61 Å². The van der Waals surface area contributed by atoms with E-state index in [1.807, 2.05) is 42.5 Å². The predicted octanol–water partition coefficient (Wildman–Crippen LogP) is 2.23. The summed E-state index contributed by atoms with van der Waals surface area (Å²) < 4.78 is 5.16. The Kier molecular flexibility index (Phi) is 3.73. The van der Waals surface area contributed by atoms with E-state index in [-0.39, 0.29) is 12.4 Å². The first-order valence-corrected chi connectivity index (χ1v) is 5.63. The maximum Gasteiger partial charge on any atom is 0.307 e. The lowest BCUT2D eigenvalue weighted by Gasteiger charge is -2.07. The van der Waals surface area contributed by atoms with Gasteiger partial charge in [0.15, 0.2) is 0 Å². The van der Waals surface area contributed by atoms with Gasteiger partial charge in [0, 0.05) is 6.54 Å². The van der Waals surface area contributed by atoms with Crippen molar-refractivity contribution in [2.75, 3.05) is 6.54 Å². The van der Waals surface area contributed by atoms with E-state index in [9.17, 15) is 4.79 Å². The van der Waals surface area contributed by atoms with Crippen molar-refractivity contribution in [3.63, 3.8) is 0 Å². The van der Waals surface area contributed by atoms with Gasteiger partial charge in [-0.05, 0) is 16.3 Å². The molecule has 2 aromatic rings. The van der Waals surface area contributed by atoms with Gasteiger partial charge in [0.2, 0.25) is 0 Å². The molecule has 17 heavy (non-hydrogen) atoms. The number of nitrogens with two attached hydrogens (primary N) is 1. The van der Waals surface area contributed by atoms with Gasteiger partial charge in [-0.25, -0.2) is 0 Å². The molecule has 2 aromatic carbocycles. The van der Waals surface area contributed by atoms with Crippen LogP contribution in [0, 0.1) is 0 Å². The maximum atomic E-state index is 11.3. The molecule has 0 saturated heterocycles. The Hall–Kier alpha value is -1.87. The van der Waals surface area contributed by atoms with Gasteiger partial charge in [-0.2, -0.15) is 0 Å². The Bertz CT molecular complexity index is 517. The van der Waals surface area contributed by atoms with Crippen molar-refractivity contribution in [3.8, 4) is 0 Å². The van der Waals surface area contributed by atoms with Crippen LogP contribution < -0.4 is 5.73 Å². The summed E-state index contributed by atoms with van der Waals surface area (Å²) in [4.78, 5) is 11.3. The summed E-state index contributed by atoms with van der Waals surface area (Å²) in [6.07, 6.45) is 0.269. The van der Waals surface area contributed by atoms with E-state index in [0.29, 0.717) is 13.2 Å². The van der Waals surface area contributed by atoms with Crippen molar-refractivity contribution in [2.24, 2.45) is 5.73 Å². The quantitative estimate of drug-likeness (QED) is 0.818. The lowest BCUT2D eigenvalue weighted by atomic mass is 10.1. The second-order valence-electron chi connectivity index (χ2n) is 3.84. The molecule has 0 radical (unpaired) electrons. The predicted molar refractivity (Wildman–Crippen MR) is 67.4 cm³/mol. The van der Waals surface area contributed by atoms with Crippen molar-refractivity contribution in [1.29, 1.82) is 0 Å². The molecule has 0 heterocycles. The summed E-state index contributed by atoms with van der Waals surface area (Å²) in [6, 6.07) is 14.0. The highest BCUT2D eigenvalue weighted by atomic mass is 16.5. The van der Waals surface area contributed by atoms with Gasteiger partial charge in [0.05, 0.1) is 6.42 Å². The minimum absolute atomic E-state index is 0.250. The number of fused-ring (bicyclic) bond motifs is 1. The van der Waals surface area contributed by atoms with E-state index in [0.717, 1.165) is 16.3 Å². The van der Waals surface area contributed by atoms with Crippen LogP contribution in [0.1, 0.15) is 12.0 Å². The molecular formula is C14H15NO2. The molecule has 2 N–H and O–H groups in total. The molecule has 3 nitrogen and oxygen atoms in total. The van der Waals surface area contributed by atoms with Crippen LogP contribution in [0.25, 0.3) is 10.8 Å². The van der Waals surface area contributed by atoms with Crippen molar-refractivity contribution in [1.82, 2.24) is 0 Å². The van der Waals surface area contributed by atoms with Crippen LogP contribution in [-0.2, 0) is 16.1 Å². The normalized spacial score (nSPS) is 10.4. The minimum Gasteiger partial charge on any atom is -0.461 e. The first kappa shape index (κ1) is 11.6. The van der Waals surface area contributed by atoms with Crippen molar-refractivity contribution in [3.05, 3.63) is 48.0 Å². The van der Waals surface area contributed by atoms with Crippen molar-refractivity contribution in [2.45, 2.75) is 13.0 Å². The number of carbonyl (C=O) groups is 1. The van der Waals surface area contributed by atoms with Crippen LogP contribution in [0.5, 0.6) is 0 Å². The highest BCUT2D eigenvalue weighted by molar-refractivity contribution is 5.85. The van der Waals surface area contributed by atoms with Gasteiger partial charge in [-0.1, -0.05) is 42.5 Å². The Morgan fingerprint density at radius 2 is 1.88 bits per heavy atom. The van der Waals surface area contributed by atoms with Gasteiger partial charge in [0.25, 0.3) is 0 Å². The summed E-state index contributed by atoms with van der Waals surface area (Å²) in [5.41, 5.74) is 6.31. The molecule has 0 unspecified atom stereocenters. The highest BCUT2D eigenvalue weighted by Crippen LogP contribution is 2.19. The molecule has 0 aromatic heterocycles. The zero-order chi connectivity index (χ0) is 12.1. The summed E-state index contributed by atoms with van der Waals surface area (Å²) in [5, 5.41) is 2.27. The van der Waals surface area contributed by atoms with E-state index in [1.54, 1.807) is 0 Å². The number of esters is 1. The average molecular weight is 229 g/mol. The number of carbonyl (C=O) groups excluding carboxylic acids is 1. The third kappa shape index (κ3) is 2.82. The number of benzene rings is 2. The fraction of sp³-hybridized carbons (Fsp3) is 0.214. The number of hydrogen-bond donors (Lipinski definition) is 1. The Labute approximate surface area is 100 Å². The zero-order valence-corrected chi connectivity index (χ0v) is 9.56. The summed E-state index contributed by atoms with van der Waals surface area (Å²) >= 11 is 0. The fourth-order valence-electron chi connectivity index (χ4n) is 1.77. The van der Waals surface area contributed by atoms with E-state index in [2.05, 4.69) is 0 Å². The molecule has 88 valence electrons. The number of hydrogen-bond acceptors (Lipinski definition) is 3. The Morgan fingerprint density at radius 3 is 2.71 bits per heavy atom. The zero-order valence-electron chi connectivity index (χ0n) is 9.56. The fourth-order valence-corrected chi connectivity index (χ4v) is 1.77. The molecule has 0 fully saturated rings. The van der Waals surface area contributed by atoms with Crippen LogP contribution in [0.3, 0.4) is 0 Å². The SMILES string of the molecule is NCCC(=O)OCc1cccc2ccccc12. The first-order chi connectivity index (χ1) is 8.31. The monoisotopic (exact) mass is 229 g/mol. The van der Waals surface area contributed by atoms with Crippen LogP contribution in [0.2, 0.25) is 0 Å². The Balaban J connectivity index is 2.16. The third-order valence-corrected chi connectivity index (χ3v) is 2.62. The standard InChI is InChI=1S/C14H15NO2/c15-9-8-14(16)17-10-12-6-3-5-11-4-1-2-7-13(11)12/h1-7H,8-10,15H2. The topological polar surface area (TPSA) is 52.3 Å². The lowest BCUT2D eigenvalue weighted by molar-refractivity contribution is -0.144. The molecule has 2 rings (SSSR count). The van der Waals surface area contributed by atoms with Gasteiger partial charge in [-0.15, -0.1) is 0 Å². The van der Waals surface area contributed by atoms with Gasteiger partial charge in [-0.3, -0.25) is 4.79 Å². The van der Waals surface area contributed by atoms with Crippen LogP contribution >= 0.6 is 0 Å². The van der Waals surface area contributed by atoms with Crippen LogP contribution in [-0.4, -0.2) is 12.5 Å². The third-order valence-electron chi connectivity index (χ3n) is 2.62. The molecule has 0 atom stereocenters. The van der Waals surface area contributed by atoms with Crippen molar-refractivity contribution >= 4 is 16.7 Å². The summed E-state index contributed by atoms with van der Waals surface area (Å²) in [7, 11) is 0. The molecule has 0 aliphatic rings. The summed E-state index contributed by atoms with van der Waals surface area (Å²) in [5.74, 6) is -0.250. The maximum absolute atomic E-state index is 11.3. The van der Waals surface area contributed by atoms with Crippen molar-refractivity contribution < 1.29 is 9.53 Å². The molecule has 3 heteroatoms. The van der Waals surface area contributed by atoms with E-state index in [1.165, 1.54) is 0 Å². The molecule has 0 saturated carbocycles. The lowest BCUT2D eigenvalue weighted by Crippen LogP contribution is -2.11. The molecule has 0 amide bonds. The smallest absolute Gasteiger partial charge is 0.307 e. The van der Waals surface area contributed by atoms with E-state index < -0.39 is 0 Å². The summed E-state index contributed by atoms with van der Waals surface area (Å²) in [6.45, 7) is 0.633. The molecule has 0 spiro atoms.